The van der Waals surface area contributed by atoms with E-state index in [0.717, 1.165) is 17.0 Å². The van der Waals surface area contributed by atoms with Crippen LogP contribution in [0.4, 0.5) is 0 Å². The number of aryl methyl sites for hydroxylation is 1. The number of carbonyl (C=O) groups excluding carboxylic acids is 1. The van der Waals surface area contributed by atoms with E-state index in [4.69, 9.17) is 10.7 Å². The van der Waals surface area contributed by atoms with Gasteiger partial charge in [0.1, 0.15) is 11.9 Å². The van der Waals surface area contributed by atoms with Crippen molar-refractivity contribution in [1.29, 1.82) is 0 Å². The molecule has 2 heterocycles. The van der Waals surface area contributed by atoms with Crippen LogP contribution < -0.4 is 5.73 Å². The van der Waals surface area contributed by atoms with Crippen molar-refractivity contribution >= 4 is 11.7 Å². The van der Waals surface area contributed by atoms with Crippen LogP contribution in [0.15, 0.2) is 53.2 Å². The van der Waals surface area contributed by atoms with Gasteiger partial charge >= 0.3 is 0 Å². The summed E-state index contributed by atoms with van der Waals surface area (Å²) in [6.07, 6.45) is 6.35. The second kappa shape index (κ2) is 5.13. The van der Waals surface area contributed by atoms with E-state index in [0.29, 0.717) is 0 Å². The zero-order valence-electron chi connectivity index (χ0n) is 13.2. The smallest absolute Gasteiger partial charge is 0.219 e. The van der Waals surface area contributed by atoms with Gasteiger partial charge in [-0.2, -0.15) is 0 Å². The lowest BCUT2D eigenvalue weighted by atomic mass is 9.83. The number of aliphatic imine (C=N–C) groups is 1. The van der Waals surface area contributed by atoms with Crippen LogP contribution >= 0.6 is 0 Å². The molecule has 0 aliphatic carbocycles. The number of rotatable bonds is 3. The molecule has 0 bridgehead atoms. The van der Waals surface area contributed by atoms with Crippen molar-refractivity contribution in [2.45, 2.75) is 38.8 Å². The fraction of sp³-hybridized carbons (Fsp3) is 0.333. The van der Waals surface area contributed by atoms with E-state index in [1.165, 1.54) is 5.56 Å². The maximum atomic E-state index is 11.7. The Morgan fingerprint density at radius 1 is 1.27 bits per heavy atom. The van der Waals surface area contributed by atoms with Crippen LogP contribution in [-0.4, -0.2) is 22.2 Å². The summed E-state index contributed by atoms with van der Waals surface area (Å²) in [5.41, 5.74) is 8.51. The van der Waals surface area contributed by atoms with Gasteiger partial charge in [-0.15, -0.1) is 0 Å². The highest BCUT2D eigenvalue weighted by atomic mass is 16.1. The topological polar surface area (TPSA) is 58.7 Å². The highest BCUT2D eigenvalue weighted by Gasteiger charge is 2.47. The predicted octanol–water partition coefficient (Wildman–Crippen LogP) is 2.86. The molecule has 1 aromatic carbocycles. The number of amidine groups is 1. The highest BCUT2D eigenvalue weighted by molar-refractivity contribution is 5.98. The molecule has 2 aliphatic heterocycles. The second-order valence-electron chi connectivity index (χ2n) is 6.38. The largest absolute Gasteiger partial charge is 0.370 e. The van der Waals surface area contributed by atoms with Crippen molar-refractivity contribution in [3.63, 3.8) is 0 Å². The molecule has 4 heteroatoms. The molecule has 0 aromatic heterocycles. The van der Waals surface area contributed by atoms with Crippen molar-refractivity contribution in [2.75, 3.05) is 0 Å². The van der Waals surface area contributed by atoms with Crippen LogP contribution in [0.3, 0.4) is 0 Å². The zero-order valence-corrected chi connectivity index (χ0v) is 13.2. The normalized spacial score (nSPS) is 26.5. The van der Waals surface area contributed by atoms with E-state index in [9.17, 15) is 4.79 Å². The minimum Gasteiger partial charge on any atom is -0.370 e. The van der Waals surface area contributed by atoms with E-state index in [1.807, 2.05) is 19.1 Å². The molecule has 0 radical (unpaired) electrons. The van der Waals surface area contributed by atoms with Gasteiger partial charge in [-0.25, -0.2) is 0 Å². The lowest BCUT2D eigenvalue weighted by Gasteiger charge is -2.38. The van der Waals surface area contributed by atoms with Crippen LogP contribution in [0.25, 0.3) is 0 Å². The van der Waals surface area contributed by atoms with Gasteiger partial charge in [0.2, 0.25) is 5.91 Å². The molecule has 1 aromatic rings. The summed E-state index contributed by atoms with van der Waals surface area (Å²) >= 11 is 0. The Balaban J connectivity index is 2.07. The van der Waals surface area contributed by atoms with Crippen LogP contribution in [0.1, 0.15) is 37.4 Å². The average molecular weight is 295 g/mol. The van der Waals surface area contributed by atoms with Gasteiger partial charge < -0.3 is 10.6 Å². The summed E-state index contributed by atoms with van der Waals surface area (Å²) in [7, 11) is 0. The summed E-state index contributed by atoms with van der Waals surface area (Å²) in [5.74, 6) is 0.580. The van der Waals surface area contributed by atoms with Gasteiger partial charge in [-0.3, -0.25) is 9.79 Å². The average Bonchev–Trinajstić information content (AvgIpc) is 2.72. The summed E-state index contributed by atoms with van der Waals surface area (Å²) in [6.45, 7) is 6.16. The van der Waals surface area contributed by atoms with Gasteiger partial charge in [0, 0.05) is 6.20 Å². The third-order valence-corrected chi connectivity index (χ3v) is 4.40. The number of nitrogens with two attached hydrogens (primary N) is 1. The van der Waals surface area contributed by atoms with E-state index in [-0.39, 0.29) is 18.4 Å². The molecule has 3 rings (SSSR count). The Bertz CT molecular complexity index is 700. The second-order valence-corrected chi connectivity index (χ2v) is 6.38. The number of amides is 1. The molecule has 0 spiro atoms. The third-order valence-electron chi connectivity index (χ3n) is 4.40. The maximum absolute atomic E-state index is 11.7. The van der Waals surface area contributed by atoms with Crippen LogP contribution in [0, 0.1) is 6.92 Å². The first-order valence-electron chi connectivity index (χ1n) is 7.49. The van der Waals surface area contributed by atoms with Crippen LogP contribution in [0.5, 0.6) is 0 Å². The van der Waals surface area contributed by atoms with E-state index in [2.05, 4.69) is 49.2 Å². The van der Waals surface area contributed by atoms with Crippen molar-refractivity contribution in [3.8, 4) is 0 Å². The maximum Gasteiger partial charge on any atom is 0.219 e. The quantitative estimate of drug-likeness (QED) is 0.932. The monoisotopic (exact) mass is 295 g/mol. The lowest BCUT2D eigenvalue weighted by Crippen LogP contribution is -2.48. The molecule has 2 N–H and O–H groups in total. The molecule has 2 aliphatic rings. The van der Waals surface area contributed by atoms with Gasteiger partial charge in [-0.1, -0.05) is 35.9 Å². The number of primary amides is 1. The Morgan fingerprint density at radius 3 is 2.59 bits per heavy atom. The first kappa shape index (κ1) is 14.6. The standard InChI is InChI=1S/C18H21N3O/c1-12-4-7-14(8-5-12)17-18(3,10-15(19)22)21-11-13(2)6-9-16(21)20-17/h4-9,11,17H,10H2,1-3H3,(H2,19,22). The lowest BCUT2D eigenvalue weighted by molar-refractivity contribution is -0.120. The number of allylic oxidation sites excluding steroid dienone is 2. The van der Waals surface area contributed by atoms with Crippen molar-refractivity contribution < 1.29 is 4.79 Å². The van der Waals surface area contributed by atoms with Gasteiger partial charge in [0.25, 0.3) is 0 Å². The van der Waals surface area contributed by atoms with Gasteiger partial charge in [0.15, 0.2) is 0 Å². The first-order chi connectivity index (χ1) is 10.4. The Kier molecular flexibility index (Phi) is 3.39. The molecular weight excluding hydrogens is 274 g/mol. The Labute approximate surface area is 131 Å². The van der Waals surface area contributed by atoms with Crippen LogP contribution in [-0.2, 0) is 4.79 Å². The zero-order chi connectivity index (χ0) is 15.9. The number of hydrogen-bond donors (Lipinski definition) is 1. The van der Waals surface area contributed by atoms with Crippen molar-refractivity contribution in [1.82, 2.24) is 4.90 Å². The molecule has 2 atom stereocenters. The van der Waals surface area contributed by atoms with Gasteiger partial charge in [0.05, 0.1) is 12.0 Å². The Hall–Kier alpha value is -2.36. The van der Waals surface area contributed by atoms with Crippen molar-refractivity contribution in [3.05, 3.63) is 59.3 Å². The highest BCUT2D eigenvalue weighted by Crippen LogP contribution is 2.44. The number of nitrogens with zero attached hydrogens (tertiary/aromatic N) is 2. The molecule has 4 nitrogen and oxygen atoms in total. The van der Waals surface area contributed by atoms with Gasteiger partial charge in [-0.05, 0) is 38.0 Å². The molecule has 0 saturated carbocycles. The first-order valence-corrected chi connectivity index (χ1v) is 7.49. The van der Waals surface area contributed by atoms with E-state index >= 15 is 0 Å². The fourth-order valence-electron chi connectivity index (χ4n) is 3.23. The summed E-state index contributed by atoms with van der Waals surface area (Å²) in [6, 6.07) is 8.22. The van der Waals surface area contributed by atoms with Crippen molar-refractivity contribution in [2.24, 2.45) is 10.7 Å². The molecule has 2 unspecified atom stereocenters. The molecule has 0 saturated heterocycles. The molecular formula is C18H21N3O. The molecule has 1 amide bonds. The summed E-state index contributed by atoms with van der Waals surface area (Å²) < 4.78 is 0. The fourth-order valence-corrected chi connectivity index (χ4v) is 3.23. The number of benzene rings is 1. The Morgan fingerprint density at radius 2 is 1.95 bits per heavy atom. The number of carbonyl (C=O) groups is 1. The predicted molar refractivity (Wildman–Crippen MR) is 88.3 cm³/mol. The minimum absolute atomic E-state index is 0.109. The third kappa shape index (κ3) is 2.34. The molecule has 0 fully saturated rings. The van der Waals surface area contributed by atoms with E-state index < -0.39 is 5.54 Å². The number of fused-ring (bicyclic) bond motifs is 1. The summed E-state index contributed by atoms with van der Waals surface area (Å²) in [5, 5.41) is 0. The van der Waals surface area contributed by atoms with E-state index in [1.54, 1.807) is 0 Å². The number of hydrogen-bond acceptors (Lipinski definition) is 3. The summed E-state index contributed by atoms with van der Waals surface area (Å²) in [4.78, 5) is 18.6. The molecule has 22 heavy (non-hydrogen) atoms. The SMILES string of the molecule is CC1=CN2C(=NC(c3ccc(C)cc3)C2(C)CC(N)=O)C=C1. The van der Waals surface area contributed by atoms with Crippen LogP contribution in [0.2, 0.25) is 0 Å². The minimum atomic E-state index is -0.470. The molecule has 114 valence electrons.